The summed E-state index contributed by atoms with van der Waals surface area (Å²) in [6.07, 6.45) is 0.449. The van der Waals surface area contributed by atoms with Gasteiger partial charge in [-0.1, -0.05) is 0 Å². The van der Waals surface area contributed by atoms with Crippen molar-refractivity contribution >= 4 is 11.4 Å². The van der Waals surface area contributed by atoms with Gasteiger partial charge in [0.25, 0.3) is 0 Å². The lowest BCUT2D eigenvalue weighted by Gasteiger charge is -2.28. The highest BCUT2D eigenvalue weighted by molar-refractivity contribution is 5.73. The van der Waals surface area contributed by atoms with Crippen LogP contribution in [-0.2, 0) is 0 Å². The number of nitrogen functional groups attached to an aromatic ring is 1. The predicted octanol–water partition coefficient (Wildman–Crippen LogP) is 1.78. The first-order chi connectivity index (χ1) is 8.63. The third kappa shape index (κ3) is 2.28. The molecule has 0 spiro atoms. The highest BCUT2D eigenvalue weighted by Gasteiger charge is 2.18. The number of nitriles is 1. The lowest BCUT2D eigenvalue weighted by molar-refractivity contribution is 0.172. The van der Waals surface area contributed by atoms with E-state index >= 15 is 0 Å². The van der Waals surface area contributed by atoms with Crippen molar-refractivity contribution in [1.82, 2.24) is 0 Å². The summed E-state index contributed by atoms with van der Waals surface area (Å²) in [5.74, 6) is 1.39. The second-order valence-corrected chi connectivity index (χ2v) is 4.38. The van der Waals surface area contributed by atoms with Gasteiger partial charge in [0.1, 0.15) is 13.2 Å². The zero-order valence-corrected chi connectivity index (χ0v) is 10.6. The summed E-state index contributed by atoms with van der Waals surface area (Å²) in [6.45, 7) is 3.08. The number of nitrogens with two attached hydrogens (primary N) is 1. The van der Waals surface area contributed by atoms with Gasteiger partial charge in [-0.05, 0) is 6.92 Å². The van der Waals surface area contributed by atoms with Gasteiger partial charge >= 0.3 is 0 Å². The van der Waals surface area contributed by atoms with Crippen LogP contribution in [0.3, 0.4) is 0 Å². The Kier molecular flexibility index (Phi) is 3.47. The van der Waals surface area contributed by atoms with E-state index < -0.39 is 0 Å². The van der Waals surface area contributed by atoms with E-state index in [-0.39, 0.29) is 6.04 Å². The first-order valence-corrected chi connectivity index (χ1v) is 5.92. The molecule has 1 aromatic rings. The van der Waals surface area contributed by atoms with Gasteiger partial charge in [-0.15, -0.1) is 0 Å². The molecule has 0 amide bonds. The van der Waals surface area contributed by atoms with Crippen LogP contribution in [0.25, 0.3) is 0 Å². The van der Waals surface area contributed by atoms with Crippen LogP contribution >= 0.6 is 0 Å². The van der Waals surface area contributed by atoms with Gasteiger partial charge in [0.15, 0.2) is 11.5 Å². The molecule has 0 saturated carbocycles. The first-order valence-electron chi connectivity index (χ1n) is 5.92. The van der Waals surface area contributed by atoms with E-state index in [1.807, 2.05) is 24.9 Å². The van der Waals surface area contributed by atoms with E-state index in [1.165, 1.54) is 0 Å². The van der Waals surface area contributed by atoms with Crippen LogP contribution in [0.2, 0.25) is 0 Å². The lowest BCUT2D eigenvalue weighted by atomic mass is 10.1. The highest BCUT2D eigenvalue weighted by Crippen LogP contribution is 2.38. The van der Waals surface area contributed by atoms with Gasteiger partial charge in [-0.25, -0.2) is 0 Å². The molecule has 18 heavy (non-hydrogen) atoms. The standard InChI is InChI=1S/C13H17N3O2/c1-9(3-4-14)16(2)11-8-13-12(7-10(11)15)17-5-6-18-13/h7-9H,3,5-6,15H2,1-2H3. The van der Waals surface area contributed by atoms with Crippen LogP contribution in [0.15, 0.2) is 12.1 Å². The van der Waals surface area contributed by atoms with Crippen molar-refractivity contribution in [2.24, 2.45) is 0 Å². The number of nitrogens with zero attached hydrogens (tertiary/aromatic N) is 2. The van der Waals surface area contributed by atoms with Crippen LogP contribution in [0, 0.1) is 11.3 Å². The summed E-state index contributed by atoms with van der Waals surface area (Å²) < 4.78 is 11.0. The average Bonchev–Trinajstić information content (AvgIpc) is 2.37. The summed E-state index contributed by atoms with van der Waals surface area (Å²) in [4.78, 5) is 1.98. The molecule has 96 valence electrons. The van der Waals surface area contributed by atoms with Gasteiger partial charge in [0.05, 0.1) is 23.9 Å². The highest BCUT2D eigenvalue weighted by atomic mass is 16.6. The summed E-state index contributed by atoms with van der Waals surface area (Å²) in [6, 6.07) is 5.91. The largest absolute Gasteiger partial charge is 0.486 e. The smallest absolute Gasteiger partial charge is 0.163 e. The van der Waals surface area contributed by atoms with E-state index in [9.17, 15) is 0 Å². The van der Waals surface area contributed by atoms with Crippen molar-refractivity contribution in [2.45, 2.75) is 19.4 Å². The predicted molar refractivity (Wildman–Crippen MR) is 69.9 cm³/mol. The summed E-state index contributed by atoms with van der Waals surface area (Å²) in [7, 11) is 1.92. The molecule has 0 aromatic heterocycles. The van der Waals surface area contributed by atoms with E-state index in [0.717, 1.165) is 5.69 Å². The molecule has 1 heterocycles. The maximum Gasteiger partial charge on any atom is 0.163 e. The van der Waals surface area contributed by atoms with E-state index in [2.05, 4.69) is 6.07 Å². The molecule has 5 nitrogen and oxygen atoms in total. The third-order valence-corrected chi connectivity index (χ3v) is 3.12. The van der Waals surface area contributed by atoms with Crippen LogP contribution < -0.4 is 20.1 Å². The Morgan fingerprint density at radius 1 is 1.39 bits per heavy atom. The van der Waals surface area contributed by atoms with Gasteiger partial charge in [0, 0.05) is 25.2 Å². The van der Waals surface area contributed by atoms with E-state index in [1.54, 1.807) is 6.07 Å². The molecule has 2 rings (SSSR count). The zero-order valence-electron chi connectivity index (χ0n) is 10.6. The van der Waals surface area contributed by atoms with Crippen LogP contribution in [0.5, 0.6) is 11.5 Å². The molecule has 2 N–H and O–H groups in total. The van der Waals surface area contributed by atoms with Crippen molar-refractivity contribution in [3.05, 3.63) is 12.1 Å². The Balaban J connectivity index is 2.30. The Morgan fingerprint density at radius 3 is 2.61 bits per heavy atom. The first kappa shape index (κ1) is 12.4. The summed E-state index contributed by atoms with van der Waals surface area (Å²) in [5.41, 5.74) is 7.51. The minimum absolute atomic E-state index is 0.0971. The molecule has 1 aliphatic rings. The number of benzene rings is 1. The van der Waals surface area contributed by atoms with Crippen molar-refractivity contribution in [2.75, 3.05) is 30.9 Å². The fourth-order valence-corrected chi connectivity index (χ4v) is 1.91. The molecular weight excluding hydrogens is 230 g/mol. The molecular formula is C13H17N3O2. The number of hydrogen-bond acceptors (Lipinski definition) is 5. The summed E-state index contributed by atoms with van der Waals surface area (Å²) >= 11 is 0. The van der Waals surface area contributed by atoms with Crippen molar-refractivity contribution < 1.29 is 9.47 Å². The van der Waals surface area contributed by atoms with Crippen molar-refractivity contribution in [3.63, 3.8) is 0 Å². The van der Waals surface area contributed by atoms with Gasteiger partial charge in [0.2, 0.25) is 0 Å². The fraction of sp³-hybridized carbons (Fsp3) is 0.462. The van der Waals surface area contributed by atoms with Crippen LogP contribution in [-0.4, -0.2) is 26.3 Å². The molecule has 0 saturated heterocycles. The van der Waals surface area contributed by atoms with Crippen molar-refractivity contribution in [1.29, 1.82) is 5.26 Å². The average molecular weight is 247 g/mol. The van der Waals surface area contributed by atoms with Crippen LogP contribution in [0.4, 0.5) is 11.4 Å². The minimum atomic E-state index is 0.0971. The van der Waals surface area contributed by atoms with Gasteiger partial charge in [-0.2, -0.15) is 5.26 Å². The van der Waals surface area contributed by atoms with Crippen LogP contribution in [0.1, 0.15) is 13.3 Å². The number of anilines is 2. The molecule has 0 fully saturated rings. The lowest BCUT2D eigenvalue weighted by Crippen LogP contribution is -2.29. The second kappa shape index (κ2) is 5.05. The van der Waals surface area contributed by atoms with E-state index in [0.29, 0.717) is 36.8 Å². The molecule has 1 atom stereocenters. The Bertz CT molecular complexity index is 482. The van der Waals surface area contributed by atoms with Gasteiger partial charge < -0.3 is 20.1 Å². The molecule has 1 aliphatic heterocycles. The maximum absolute atomic E-state index is 8.74. The van der Waals surface area contributed by atoms with Gasteiger partial charge in [-0.3, -0.25) is 0 Å². The van der Waals surface area contributed by atoms with E-state index in [4.69, 9.17) is 20.5 Å². The molecule has 5 heteroatoms. The molecule has 0 aliphatic carbocycles. The topological polar surface area (TPSA) is 71.5 Å². The number of fused-ring (bicyclic) bond motifs is 1. The Labute approximate surface area is 107 Å². The Hall–Kier alpha value is -2.09. The summed E-state index contributed by atoms with van der Waals surface area (Å²) in [5, 5.41) is 8.74. The third-order valence-electron chi connectivity index (χ3n) is 3.12. The maximum atomic E-state index is 8.74. The zero-order chi connectivity index (χ0) is 13.1. The van der Waals surface area contributed by atoms with Crippen molar-refractivity contribution in [3.8, 4) is 17.6 Å². The fourth-order valence-electron chi connectivity index (χ4n) is 1.91. The molecule has 1 aromatic carbocycles. The quantitative estimate of drug-likeness (QED) is 0.824. The molecule has 0 bridgehead atoms. The molecule has 0 radical (unpaired) electrons. The Morgan fingerprint density at radius 2 is 2.00 bits per heavy atom. The molecule has 1 unspecified atom stereocenters. The monoisotopic (exact) mass is 247 g/mol. The number of rotatable bonds is 3. The second-order valence-electron chi connectivity index (χ2n) is 4.38. The normalized spacial score (nSPS) is 14.7. The number of hydrogen-bond donors (Lipinski definition) is 1. The number of ether oxygens (including phenoxy) is 2. The minimum Gasteiger partial charge on any atom is -0.486 e. The SMILES string of the molecule is CC(CC#N)N(C)c1cc2c(cc1N)OCCO2.